The van der Waals surface area contributed by atoms with Crippen molar-refractivity contribution in [2.24, 2.45) is 5.73 Å². The van der Waals surface area contributed by atoms with E-state index in [0.29, 0.717) is 28.0 Å². The molecule has 0 aliphatic carbocycles. The first-order valence-electron chi connectivity index (χ1n) is 12.4. The molecule has 2 aromatic carbocycles. The van der Waals surface area contributed by atoms with Crippen molar-refractivity contribution in [1.82, 2.24) is 4.57 Å². The molecule has 0 amide bonds. The zero-order valence-corrected chi connectivity index (χ0v) is 23.0. The predicted octanol–water partition coefficient (Wildman–Crippen LogP) is 2.35. The number of esters is 2. The topological polar surface area (TPSA) is 119 Å². The Labute approximate surface area is 229 Å². The molecule has 0 radical (unpaired) electrons. The molecule has 4 rings (SSSR count). The molecule has 2 heterocycles. The first-order valence-corrected chi connectivity index (χ1v) is 13.2. The number of fused-ring (bicyclic) bond motifs is 1. The van der Waals surface area contributed by atoms with Crippen molar-refractivity contribution in [3.05, 3.63) is 84.8 Å². The van der Waals surface area contributed by atoms with E-state index < -0.39 is 23.4 Å². The number of carbonyl (C=O) groups is 2. The maximum absolute atomic E-state index is 13.7. The zero-order valence-electron chi connectivity index (χ0n) is 22.2. The van der Waals surface area contributed by atoms with Gasteiger partial charge in [0.1, 0.15) is 22.0 Å². The van der Waals surface area contributed by atoms with Crippen LogP contribution >= 0.6 is 11.3 Å². The summed E-state index contributed by atoms with van der Waals surface area (Å²) in [7, 11) is 4.33. The number of unbranched alkanes of at least 4 members (excludes halogenated alkanes) is 1. The monoisotopic (exact) mass is 550 g/mol. The molecule has 39 heavy (non-hydrogen) atoms. The minimum Gasteiger partial charge on any atom is -0.497 e. The Morgan fingerprint density at radius 3 is 2.36 bits per heavy atom. The molecule has 1 aliphatic rings. The second-order valence-corrected chi connectivity index (χ2v) is 9.77. The molecule has 9 nitrogen and oxygen atoms in total. The van der Waals surface area contributed by atoms with Crippen LogP contribution in [0, 0.1) is 0 Å². The van der Waals surface area contributed by atoms with E-state index in [0.717, 1.165) is 23.3 Å². The normalized spacial score (nSPS) is 15.1. The summed E-state index contributed by atoms with van der Waals surface area (Å²) >= 11 is 1.09. The second-order valence-electron chi connectivity index (χ2n) is 8.74. The third kappa shape index (κ3) is 5.46. The number of benzene rings is 2. The van der Waals surface area contributed by atoms with Gasteiger partial charge in [-0.1, -0.05) is 37.6 Å². The molecule has 0 unspecified atom stereocenters. The lowest BCUT2D eigenvalue weighted by atomic mass is 9.83. The van der Waals surface area contributed by atoms with Crippen LogP contribution in [0.25, 0.3) is 17.5 Å². The number of nitrogens with zero attached hydrogens (tertiary/aromatic N) is 1. The third-order valence-corrected chi connectivity index (χ3v) is 7.43. The lowest BCUT2D eigenvalue weighted by molar-refractivity contribution is -0.139. The van der Waals surface area contributed by atoms with Crippen LogP contribution in [0.2, 0.25) is 0 Å². The maximum Gasteiger partial charge on any atom is 0.338 e. The van der Waals surface area contributed by atoms with Gasteiger partial charge in [-0.2, -0.15) is 0 Å². The van der Waals surface area contributed by atoms with Crippen molar-refractivity contribution in [3.8, 4) is 11.5 Å². The number of ether oxygens (including phenoxy) is 4. The summed E-state index contributed by atoms with van der Waals surface area (Å²) in [5.74, 6) is -1.31. The summed E-state index contributed by atoms with van der Waals surface area (Å²) in [5, 5.41) is 0. The average Bonchev–Trinajstić information content (AvgIpc) is 3.28. The largest absolute Gasteiger partial charge is 0.497 e. The van der Waals surface area contributed by atoms with E-state index in [1.807, 2.05) is 13.0 Å². The lowest BCUT2D eigenvalue weighted by Crippen LogP contribution is -2.41. The molecule has 3 aromatic rings. The number of hydrogen-bond donors (Lipinski definition) is 1. The van der Waals surface area contributed by atoms with E-state index in [-0.39, 0.29) is 28.2 Å². The Morgan fingerprint density at radius 1 is 1.00 bits per heavy atom. The van der Waals surface area contributed by atoms with Gasteiger partial charge in [0.25, 0.3) is 5.56 Å². The van der Waals surface area contributed by atoms with Crippen LogP contribution in [0.15, 0.2) is 58.9 Å². The van der Waals surface area contributed by atoms with E-state index in [2.05, 4.69) is 0 Å². The summed E-state index contributed by atoms with van der Waals surface area (Å²) in [6.45, 7) is 2.15. The van der Waals surface area contributed by atoms with Crippen molar-refractivity contribution in [2.45, 2.75) is 25.7 Å². The number of carbonyl (C=O) groups excluding carboxylic acids is 2. The fourth-order valence-corrected chi connectivity index (χ4v) is 5.54. The number of methoxy groups -OCH3 is 3. The minimum atomic E-state index is -0.954. The first kappa shape index (κ1) is 27.7. The highest BCUT2D eigenvalue weighted by Crippen LogP contribution is 2.38. The molecule has 0 saturated heterocycles. The van der Waals surface area contributed by atoms with Crippen LogP contribution in [0.5, 0.6) is 11.5 Å². The highest BCUT2D eigenvalue weighted by Gasteiger charge is 2.40. The van der Waals surface area contributed by atoms with Gasteiger partial charge in [0, 0.05) is 0 Å². The minimum absolute atomic E-state index is 0.0138. The summed E-state index contributed by atoms with van der Waals surface area (Å²) < 4.78 is 23.2. The third-order valence-electron chi connectivity index (χ3n) is 6.32. The summed E-state index contributed by atoms with van der Waals surface area (Å²) in [6, 6.07) is 14.2. The number of nitrogens with two attached hydrogens (primary N) is 1. The van der Waals surface area contributed by atoms with Crippen molar-refractivity contribution in [2.75, 3.05) is 27.9 Å². The van der Waals surface area contributed by atoms with E-state index in [1.54, 1.807) is 55.7 Å². The summed E-state index contributed by atoms with van der Waals surface area (Å²) in [4.78, 5) is 40.5. The molecule has 0 fully saturated rings. The SMILES string of the molecule is CCCCOC(=O)C1=C(N)n2c(s/c(=C\c3cccc(OC)c3)c2=O)=C(C(=O)OC)[C@@H]1c1cccc(OC)c1. The zero-order chi connectivity index (χ0) is 28.1. The van der Waals surface area contributed by atoms with Gasteiger partial charge in [0.05, 0.1) is 49.5 Å². The van der Waals surface area contributed by atoms with Crippen molar-refractivity contribution < 1.29 is 28.5 Å². The van der Waals surface area contributed by atoms with Crippen LogP contribution in [0.4, 0.5) is 0 Å². The highest BCUT2D eigenvalue weighted by atomic mass is 32.1. The second kappa shape index (κ2) is 12.0. The van der Waals surface area contributed by atoms with Gasteiger partial charge < -0.3 is 24.7 Å². The molecule has 1 atom stereocenters. The van der Waals surface area contributed by atoms with E-state index >= 15 is 0 Å². The Balaban J connectivity index is 2.06. The average molecular weight is 551 g/mol. The van der Waals surface area contributed by atoms with Gasteiger partial charge in [0.15, 0.2) is 0 Å². The van der Waals surface area contributed by atoms with Crippen LogP contribution < -0.4 is 30.0 Å². The fraction of sp³-hybridized carbons (Fsp3) is 0.276. The summed E-state index contributed by atoms with van der Waals surface area (Å²) in [6.07, 6.45) is 3.15. The molecule has 1 aliphatic heterocycles. The van der Waals surface area contributed by atoms with Gasteiger partial charge in [-0.05, 0) is 47.9 Å². The highest BCUT2D eigenvalue weighted by molar-refractivity contribution is 7.07. The Hall–Kier alpha value is -4.31. The number of thiazole rings is 1. The molecule has 204 valence electrons. The molecular weight excluding hydrogens is 520 g/mol. The van der Waals surface area contributed by atoms with Crippen LogP contribution in [-0.4, -0.2) is 44.4 Å². The lowest BCUT2D eigenvalue weighted by Gasteiger charge is -2.27. The molecule has 0 saturated carbocycles. The molecule has 0 spiro atoms. The van der Waals surface area contributed by atoms with E-state index in [1.165, 1.54) is 18.8 Å². The molecule has 10 heteroatoms. The molecular formula is C29H30N2O7S. The number of rotatable bonds is 9. The van der Waals surface area contributed by atoms with Gasteiger partial charge in [-0.3, -0.25) is 9.36 Å². The van der Waals surface area contributed by atoms with Crippen molar-refractivity contribution in [1.29, 1.82) is 0 Å². The molecule has 2 N–H and O–H groups in total. The van der Waals surface area contributed by atoms with Gasteiger partial charge >= 0.3 is 11.9 Å². The van der Waals surface area contributed by atoms with Gasteiger partial charge in [0.2, 0.25) is 0 Å². The first-order chi connectivity index (χ1) is 18.8. The standard InChI is InChI=1S/C29H30N2O7S/c1-5-6-13-38-29(34)23-22(18-10-8-12-20(16-18)36-3)24(28(33)37-4)27-31(25(23)30)26(32)21(39-27)15-17-9-7-11-19(14-17)35-2/h7-12,14-16,22H,5-6,13,30H2,1-4H3/b21-15-/t22-/m1/s1. The van der Waals surface area contributed by atoms with E-state index in [9.17, 15) is 14.4 Å². The number of aromatic nitrogens is 1. The maximum atomic E-state index is 13.7. The molecule has 1 aromatic heterocycles. The van der Waals surface area contributed by atoms with Crippen molar-refractivity contribution >= 4 is 40.7 Å². The van der Waals surface area contributed by atoms with Gasteiger partial charge in [-0.25, -0.2) is 9.59 Å². The fourth-order valence-electron chi connectivity index (χ4n) is 4.38. The Bertz CT molecular complexity index is 1620. The van der Waals surface area contributed by atoms with Crippen molar-refractivity contribution in [3.63, 3.8) is 0 Å². The smallest absolute Gasteiger partial charge is 0.338 e. The van der Waals surface area contributed by atoms with Gasteiger partial charge in [-0.15, -0.1) is 11.3 Å². The summed E-state index contributed by atoms with van der Waals surface area (Å²) in [5.41, 5.74) is 7.47. The van der Waals surface area contributed by atoms with Crippen LogP contribution in [0.3, 0.4) is 0 Å². The number of hydrogen-bond acceptors (Lipinski definition) is 9. The van der Waals surface area contributed by atoms with E-state index in [4.69, 9.17) is 24.7 Å². The molecule has 0 bridgehead atoms. The van der Waals surface area contributed by atoms with Crippen LogP contribution in [-0.2, 0) is 19.1 Å². The quantitative estimate of drug-likeness (QED) is 0.319. The predicted molar refractivity (Wildman–Crippen MR) is 149 cm³/mol. The Morgan fingerprint density at radius 2 is 1.69 bits per heavy atom. The van der Waals surface area contributed by atoms with Crippen LogP contribution in [0.1, 0.15) is 36.8 Å². The Kier molecular flexibility index (Phi) is 8.55.